The van der Waals surface area contributed by atoms with Gasteiger partial charge in [0.15, 0.2) is 0 Å². The largest absolute Gasteiger partial charge is 0.497 e. The van der Waals surface area contributed by atoms with Gasteiger partial charge in [-0.15, -0.1) is 0 Å². The zero-order valence-electron chi connectivity index (χ0n) is 13.4. The minimum absolute atomic E-state index is 0.0421. The Morgan fingerprint density at radius 3 is 2.00 bits per heavy atom. The molecule has 0 aliphatic rings. The molecule has 0 aromatic heterocycles. The molecule has 0 bridgehead atoms. The van der Waals surface area contributed by atoms with Gasteiger partial charge in [0, 0.05) is 25.2 Å². The van der Waals surface area contributed by atoms with Crippen LogP contribution in [0.4, 0.5) is 0 Å². The van der Waals surface area contributed by atoms with Crippen molar-refractivity contribution in [1.29, 1.82) is 0 Å². The summed E-state index contributed by atoms with van der Waals surface area (Å²) in [6.45, 7) is 5.73. The quantitative estimate of drug-likeness (QED) is 0.689. The van der Waals surface area contributed by atoms with Gasteiger partial charge in [-0.25, -0.2) is 0 Å². The first kappa shape index (κ1) is 17.1. The number of nitrogens with zero attached hydrogens (tertiary/aromatic N) is 1. The molecule has 0 aliphatic carbocycles. The summed E-state index contributed by atoms with van der Waals surface area (Å²) in [6, 6.07) is 5.55. The number of carbonyl (C=O) groups is 1. The predicted molar refractivity (Wildman–Crippen MR) is 85.7 cm³/mol. The number of carbonyl (C=O) groups excluding carboxylic acids is 1. The summed E-state index contributed by atoms with van der Waals surface area (Å²) in [4.78, 5) is 14.1. The normalized spacial score (nSPS) is 10.7. The Morgan fingerprint density at radius 1 is 1.05 bits per heavy atom. The summed E-state index contributed by atoms with van der Waals surface area (Å²) in [6.07, 6.45) is 5.34. The molecule has 4 nitrogen and oxygen atoms in total. The molecule has 1 aromatic carbocycles. The molecule has 21 heavy (non-hydrogen) atoms. The number of amides is 1. The van der Waals surface area contributed by atoms with Crippen molar-refractivity contribution < 1.29 is 14.3 Å². The molecule has 0 atom stereocenters. The molecule has 0 N–H and O–H groups in total. The first-order valence-corrected chi connectivity index (χ1v) is 7.34. The molecule has 0 radical (unpaired) electrons. The van der Waals surface area contributed by atoms with E-state index < -0.39 is 0 Å². The summed E-state index contributed by atoms with van der Waals surface area (Å²) in [5.74, 6) is 1.46. The molecule has 1 aromatic rings. The summed E-state index contributed by atoms with van der Waals surface area (Å²) in [5.41, 5.74) is 0.882. The van der Waals surface area contributed by atoms with E-state index in [-0.39, 0.29) is 5.91 Å². The van der Waals surface area contributed by atoms with E-state index in [1.807, 2.05) is 17.0 Å². The van der Waals surface area contributed by atoms with Gasteiger partial charge in [0.05, 0.1) is 14.2 Å². The third-order valence-corrected chi connectivity index (χ3v) is 3.09. The molecule has 4 heteroatoms. The molecule has 1 amide bonds. The summed E-state index contributed by atoms with van der Waals surface area (Å²) < 4.78 is 10.4. The van der Waals surface area contributed by atoms with Crippen LogP contribution in [0.15, 0.2) is 24.3 Å². The molecule has 0 saturated heterocycles. The molecule has 116 valence electrons. The Balaban J connectivity index is 2.85. The molecule has 0 unspecified atom stereocenters. The summed E-state index contributed by atoms with van der Waals surface area (Å²) >= 11 is 0. The average molecular weight is 291 g/mol. The second-order valence-electron chi connectivity index (χ2n) is 4.80. The van der Waals surface area contributed by atoms with Gasteiger partial charge in [-0.1, -0.05) is 13.8 Å². The van der Waals surface area contributed by atoms with Gasteiger partial charge in [0.25, 0.3) is 0 Å². The van der Waals surface area contributed by atoms with E-state index in [9.17, 15) is 4.79 Å². The Labute approximate surface area is 127 Å². The SMILES string of the molecule is CCCN(CCC)C(=O)/C=C/c1cc(OC)cc(OC)c1. The maximum atomic E-state index is 12.2. The molecular formula is C17H25NO3. The molecule has 0 fully saturated rings. The fourth-order valence-corrected chi connectivity index (χ4v) is 2.07. The smallest absolute Gasteiger partial charge is 0.246 e. The van der Waals surface area contributed by atoms with Crippen molar-refractivity contribution in [1.82, 2.24) is 4.90 Å². The van der Waals surface area contributed by atoms with Crippen LogP contribution in [0.5, 0.6) is 11.5 Å². The number of hydrogen-bond acceptors (Lipinski definition) is 3. The highest BCUT2D eigenvalue weighted by atomic mass is 16.5. The highest BCUT2D eigenvalue weighted by Gasteiger charge is 2.08. The molecule has 1 rings (SSSR count). The zero-order chi connectivity index (χ0) is 15.7. The van der Waals surface area contributed by atoms with Crippen molar-refractivity contribution in [3.05, 3.63) is 29.8 Å². The summed E-state index contributed by atoms with van der Waals surface area (Å²) in [5, 5.41) is 0. The van der Waals surface area contributed by atoms with Crippen molar-refractivity contribution in [2.24, 2.45) is 0 Å². The van der Waals surface area contributed by atoms with Crippen molar-refractivity contribution in [3.8, 4) is 11.5 Å². The standard InChI is InChI=1S/C17H25NO3/c1-5-9-18(10-6-2)17(19)8-7-14-11-15(20-3)13-16(12-14)21-4/h7-8,11-13H,5-6,9-10H2,1-4H3/b8-7+. The van der Waals surface area contributed by atoms with Gasteiger partial charge in [0.1, 0.15) is 11.5 Å². The third-order valence-electron chi connectivity index (χ3n) is 3.09. The van der Waals surface area contributed by atoms with E-state index in [1.54, 1.807) is 32.4 Å². The summed E-state index contributed by atoms with van der Waals surface area (Å²) in [7, 11) is 3.22. The van der Waals surface area contributed by atoms with Gasteiger partial charge in [-0.2, -0.15) is 0 Å². The van der Waals surface area contributed by atoms with E-state index in [0.717, 1.165) is 31.5 Å². The first-order chi connectivity index (χ1) is 10.1. The van der Waals surface area contributed by atoms with Crippen molar-refractivity contribution in [2.45, 2.75) is 26.7 Å². The van der Waals surface area contributed by atoms with Crippen LogP contribution in [0.2, 0.25) is 0 Å². The van der Waals surface area contributed by atoms with Crippen LogP contribution in [-0.2, 0) is 4.79 Å². The van der Waals surface area contributed by atoms with Crippen molar-refractivity contribution in [2.75, 3.05) is 27.3 Å². The van der Waals surface area contributed by atoms with Crippen LogP contribution in [0, 0.1) is 0 Å². The van der Waals surface area contributed by atoms with Crippen LogP contribution in [-0.4, -0.2) is 38.1 Å². The van der Waals surface area contributed by atoms with Gasteiger partial charge in [-0.05, 0) is 36.6 Å². The van der Waals surface area contributed by atoms with E-state index in [4.69, 9.17) is 9.47 Å². The highest BCUT2D eigenvalue weighted by Crippen LogP contribution is 2.23. The van der Waals surface area contributed by atoms with Gasteiger partial charge >= 0.3 is 0 Å². The Morgan fingerprint density at radius 2 is 1.57 bits per heavy atom. The number of rotatable bonds is 8. The Kier molecular flexibility index (Phi) is 7.37. The van der Waals surface area contributed by atoms with Crippen LogP contribution < -0.4 is 9.47 Å². The molecule has 0 spiro atoms. The minimum Gasteiger partial charge on any atom is -0.497 e. The van der Waals surface area contributed by atoms with Gasteiger partial charge in [-0.3, -0.25) is 4.79 Å². The predicted octanol–water partition coefficient (Wildman–Crippen LogP) is 3.37. The average Bonchev–Trinajstić information content (AvgIpc) is 2.51. The molecule has 0 saturated carbocycles. The molecule has 0 heterocycles. The fourth-order valence-electron chi connectivity index (χ4n) is 2.07. The fraction of sp³-hybridized carbons (Fsp3) is 0.471. The van der Waals surface area contributed by atoms with Crippen molar-refractivity contribution in [3.63, 3.8) is 0 Å². The Hall–Kier alpha value is -1.97. The third kappa shape index (κ3) is 5.50. The van der Waals surface area contributed by atoms with Crippen molar-refractivity contribution >= 4 is 12.0 Å². The number of benzene rings is 1. The van der Waals surface area contributed by atoms with Crippen LogP contribution in [0.25, 0.3) is 6.08 Å². The van der Waals surface area contributed by atoms with E-state index in [1.165, 1.54) is 0 Å². The van der Waals surface area contributed by atoms with Crippen LogP contribution >= 0.6 is 0 Å². The Bertz CT molecular complexity index is 455. The molecular weight excluding hydrogens is 266 g/mol. The second kappa shape index (κ2) is 9.06. The van der Waals surface area contributed by atoms with Gasteiger partial charge < -0.3 is 14.4 Å². The number of hydrogen-bond donors (Lipinski definition) is 0. The second-order valence-corrected chi connectivity index (χ2v) is 4.80. The lowest BCUT2D eigenvalue weighted by Crippen LogP contribution is -2.30. The van der Waals surface area contributed by atoms with E-state index in [2.05, 4.69) is 13.8 Å². The highest BCUT2D eigenvalue weighted by molar-refractivity contribution is 5.91. The zero-order valence-corrected chi connectivity index (χ0v) is 13.4. The minimum atomic E-state index is 0.0421. The maximum absolute atomic E-state index is 12.2. The number of ether oxygens (including phenoxy) is 2. The lowest BCUT2D eigenvalue weighted by molar-refractivity contribution is -0.126. The molecule has 0 aliphatic heterocycles. The van der Waals surface area contributed by atoms with Crippen LogP contribution in [0.1, 0.15) is 32.3 Å². The topological polar surface area (TPSA) is 38.8 Å². The lowest BCUT2D eigenvalue weighted by Gasteiger charge is -2.19. The number of methoxy groups -OCH3 is 2. The van der Waals surface area contributed by atoms with Crippen LogP contribution in [0.3, 0.4) is 0 Å². The first-order valence-electron chi connectivity index (χ1n) is 7.34. The lowest BCUT2D eigenvalue weighted by atomic mass is 10.2. The maximum Gasteiger partial charge on any atom is 0.246 e. The van der Waals surface area contributed by atoms with E-state index in [0.29, 0.717) is 11.5 Å². The van der Waals surface area contributed by atoms with Gasteiger partial charge in [0.2, 0.25) is 5.91 Å². The monoisotopic (exact) mass is 291 g/mol. The van der Waals surface area contributed by atoms with E-state index >= 15 is 0 Å².